The van der Waals surface area contributed by atoms with E-state index in [4.69, 9.17) is 11.6 Å². The number of hydrogen-bond donors (Lipinski definition) is 0. The minimum Gasteiger partial charge on any atom is -0.312 e. The summed E-state index contributed by atoms with van der Waals surface area (Å²) in [4.78, 5) is 13.7. The van der Waals surface area contributed by atoms with E-state index >= 15 is 0 Å². The number of halogens is 2. The van der Waals surface area contributed by atoms with Gasteiger partial charge in [-0.05, 0) is 41.3 Å². The van der Waals surface area contributed by atoms with Crippen molar-refractivity contribution in [2.45, 2.75) is 6.42 Å². The van der Waals surface area contributed by atoms with Crippen molar-refractivity contribution in [1.29, 1.82) is 0 Å². The van der Waals surface area contributed by atoms with Gasteiger partial charge in [-0.15, -0.1) is 11.6 Å². The van der Waals surface area contributed by atoms with Crippen molar-refractivity contribution < 1.29 is 9.18 Å². The first-order valence-electron chi connectivity index (χ1n) is 6.89. The molecule has 2 aromatic rings. The number of hydrogen-bond acceptors (Lipinski definition) is 1. The average molecular weight is 304 g/mol. The van der Waals surface area contributed by atoms with Gasteiger partial charge in [-0.3, -0.25) is 4.79 Å². The van der Waals surface area contributed by atoms with Gasteiger partial charge in [0.1, 0.15) is 5.82 Å². The molecule has 1 fully saturated rings. The van der Waals surface area contributed by atoms with Gasteiger partial charge in [-0.2, -0.15) is 0 Å². The van der Waals surface area contributed by atoms with Crippen molar-refractivity contribution >= 4 is 23.2 Å². The zero-order valence-electron chi connectivity index (χ0n) is 11.4. The van der Waals surface area contributed by atoms with Crippen LogP contribution in [-0.2, 0) is 4.79 Å². The maximum absolute atomic E-state index is 12.9. The zero-order valence-corrected chi connectivity index (χ0v) is 12.2. The molecule has 1 atom stereocenters. The molecule has 0 bridgehead atoms. The molecule has 1 saturated heterocycles. The molecule has 0 saturated carbocycles. The Hall–Kier alpha value is -1.87. The third-order valence-corrected chi connectivity index (χ3v) is 4.22. The van der Waals surface area contributed by atoms with Crippen molar-refractivity contribution in [2.75, 3.05) is 17.3 Å². The Morgan fingerprint density at radius 1 is 1.05 bits per heavy atom. The molecule has 4 heteroatoms. The molecule has 0 aromatic heterocycles. The van der Waals surface area contributed by atoms with Crippen molar-refractivity contribution in [1.82, 2.24) is 0 Å². The van der Waals surface area contributed by atoms with E-state index in [0.717, 1.165) is 16.8 Å². The molecular weight excluding hydrogens is 289 g/mol. The summed E-state index contributed by atoms with van der Waals surface area (Å²) in [5, 5.41) is 0. The molecule has 0 radical (unpaired) electrons. The minimum atomic E-state index is -0.245. The van der Waals surface area contributed by atoms with Crippen LogP contribution in [0, 0.1) is 11.7 Å². The number of carbonyl (C=O) groups is 1. The fourth-order valence-corrected chi connectivity index (χ4v) is 2.82. The summed E-state index contributed by atoms with van der Waals surface area (Å²) < 4.78 is 12.9. The molecule has 2 nitrogen and oxygen atoms in total. The van der Waals surface area contributed by atoms with Crippen LogP contribution in [0.4, 0.5) is 10.1 Å². The molecule has 108 valence electrons. The summed E-state index contributed by atoms with van der Waals surface area (Å²) in [6.07, 6.45) is 0.517. The molecule has 1 unspecified atom stereocenters. The number of alkyl halides is 1. The largest absolute Gasteiger partial charge is 0.312 e. The Bertz CT molecular complexity index is 639. The lowest BCUT2D eigenvalue weighted by Gasteiger charge is -2.17. The van der Waals surface area contributed by atoms with Gasteiger partial charge in [0.05, 0.1) is 0 Å². The molecule has 0 spiro atoms. The topological polar surface area (TPSA) is 20.3 Å². The van der Waals surface area contributed by atoms with E-state index < -0.39 is 0 Å². The van der Waals surface area contributed by atoms with Crippen LogP contribution in [0.25, 0.3) is 11.1 Å². The summed E-state index contributed by atoms with van der Waals surface area (Å²) in [6, 6.07) is 14.1. The lowest BCUT2D eigenvalue weighted by Crippen LogP contribution is -2.24. The summed E-state index contributed by atoms with van der Waals surface area (Å²) >= 11 is 5.83. The quantitative estimate of drug-likeness (QED) is 0.782. The second kappa shape index (κ2) is 5.86. The zero-order chi connectivity index (χ0) is 14.8. The first-order valence-corrected chi connectivity index (χ1v) is 7.43. The summed E-state index contributed by atoms with van der Waals surface area (Å²) in [5.41, 5.74) is 2.84. The number of benzene rings is 2. The second-order valence-corrected chi connectivity index (χ2v) is 5.59. The van der Waals surface area contributed by atoms with Crippen LogP contribution in [0.3, 0.4) is 0 Å². The van der Waals surface area contributed by atoms with Gasteiger partial charge in [0.2, 0.25) is 5.91 Å². The lowest BCUT2D eigenvalue weighted by atomic mass is 10.1. The second-order valence-electron chi connectivity index (χ2n) is 5.28. The highest BCUT2D eigenvalue weighted by Crippen LogP contribution is 2.28. The number of nitrogens with zero attached hydrogens (tertiary/aromatic N) is 1. The normalized spacial score (nSPS) is 18.3. The third-order valence-electron chi connectivity index (χ3n) is 3.78. The molecule has 1 aliphatic rings. The summed E-state index contributed by atoms with van der Waals surface area (Å²) in [7, 11) is 0. The smallest absolute Gasteiger partial charge is 0.227 e. The molecule has 0 aliphatic carbocycles. The fourth-order valence-electron chi connectivity index (χ4n) is 2.61. The maximum Gasteiger partial charge on any atom is 0.227 e. The standard InChI is InChI=1S/C17H15ClFNO/c18-10-12-9-17(21)20(11-12)16-7-3-14(4-8-16)13-1-5-15(19)6-2-13/h1-8,12H,9-11H2. The number of carbonyl (C=O) groups excluding carboxylic acids is 1. The van der Waals surface area contributed by atoms with Crippen LogP contribution < -0.4 is 4.90 Å². The van der Waals surface area contributed by atoms with E-state index in [1.54, 1.807) is 17.0 Å². The molecule has 2 aromatic carbocycles. The first-order chi connectivity index (χ1) is 10.2. The van der Waals surface area contributed by atoms with Crippen LogP contribution >= 0.6 is 11.6 Å². The maximum atomic E-state index is 12.9. The van der Waals surface area contributed by atoms with E-state index in [-0.39, 0.29) is 17.6 Å². The highest BCUT2D eigenvalue weighted by molar-refractivity contribution is 6.18. The highest BCUT2D eigenvalue weighted by atomic mass is 35.5. The molecule has 1 heterocycles. The SMILES string of the molecule is O=C1CC(CCl)CN1c1ccc(-c2ccc(F)cc2)cc1. The van der Waals surface area contributed by atoms with E-state index in [0.29, 0.717) is 18.8 Å². The van der Waals surface area contributed by atoms with Crippen molar-refractivity contribution in [2.24, 2.45) is 5.92 Å². The van der Waals surface area contributed by atoms with Crippen LogP contribution in [0.5, 0.6) is 0 Å². The Labute approximate surface area is 128 Å². The van der Waals surface area contributed by atoms with Gasteiger partial charge >= 0.3 is 0 Å². The molecule has 0 N–H and O–H groups in total. The number of anilines is 1. The summed E-state index contributed by atoms with van der Waals surface area (Å²) in [5.74, 6) is 0.617. The molecule has 3 rings (SSSR count). The van der Waals surface area contributed by atoms with E-state index in [1.165, 1.54) is 12.1 Å². The predicted octanol–water partition coefficient (Wildman–Crippen LogP) is 4.08. The molecular formula is C17H15ClFNO. The van der Waals surface area contributed by atoms with Crippen molar-refractivity contribution in [3.05, 3.63) is 54.3 Å². The van der Waals surface area contributed by atoms with Crippen LogP contribution in [0.1, 0.15) is 6.42 Å². The monoisotopic (exact) mass is 303 g/mol. The Morgan fingerprint density at radius 3 is 2.14 bits per heavy atom. The van der Waals surface area contributed by atoms with Gasteiger partial charge in [-0.25, -0.2) is 4.39 Å². The number of rotatable bonds is 3. The third kappa shape index (κ3) is 2.93. The summed E-state index contributed by atoms with van der Waals surface area (Å²) in [6.45, 7) is 0.679. The van der Waals surface area contributed by atoms with E-state index in [1.807, 2.05) is 24.3 Å². The van der Waals surface area contributed by atoms with Crippen LogP contribution in [0.2, 0.25) is 0 Å². The van der Waals surface area contributed by atoms with Gasteiger partial charge in [0.15, 0.2) is 0 Å². The minimum absolute atomic E-state index is 0.121. The lowest BCUT2D eigenvalue weighted by molar-refractivity contribution is -0.117. The Balaban J connectivity index is 1.81. The van der Waals surface area contributed by atoms with Gasteiger partial charge in [0, 0.05) is 24.5 Å². The Kier molecular flexibility index (Phi) is 3.93. The fraction of sp³-hybridized carbons (Fsp3) is 0.235. The average Bonchev–Trinajstić information content (AvgIpc) is 2.89. The molecule has 1 amide bonds. The van der Waals surface area contributed by atoms with Gasteiger partial charge in [-0.1, -0.05) is 24.3 Å². The van der Waals surface area contributed by atoms with Crippen molar-refractivity contribution in [3.8, 4) is 11.1 Å². The van der Waals surface area contributed by atoms with Gasteiger partial charge < -0.3 is 4.90 Å². The Morgan fingerprint density at radius 2 is 1.62 bits per heavy atom. The highest BCUT2D eigenvalue weighted by Gasteiger charge is 2.29. The number of amides is 1. The van der Waals surface area contributed by atoms with Gasteiger partial charge in [0.25, 0.3) is 0 Å². The predicted molar refractivity (Wildman–Crippen MR) is 83.0 cm³/mol. The van der Waals surface area contributed by atoms with E-state index in [9.17, 15) is 9.18 Å². The van der Waals surface area contributed by atoms with Crippen LogP contribution in [-0.4, -0.2) is 18.3 Å². The van der Waals surface area contributed by atoms with Crippen molar-refractivity contribution in [3.63, 3.8) is 0 Å². The van der Waals surface area contributed by atoms with E-state index in [2.05, 4.69) is 0 Å². The molecule has 21 heavy (non-hydrogen) atoms. The first kappa shape index (κ1) is 14.1. The molecule has 1 aliphatic heterocycles. The van der Waals surface area contributed by atoms with Crippen LogP contribution in [0.15, 0.2) is 48.5 Å².